The van der Waals surface area contributed by atoms with Gasteiger partial charge in [0.2, 0.25) is 5.91 Å². The van der Waals surface area contributed by atoms with Crippen LogP contribution in [0.1, 0.15) is 25.1 Å². The summed E-state index contributed by atoms with van der Waals surface area (Å²) in [4.78, 5) is 16.3. The molecule has 27 heavy (non-hydrogen) atoms. The molecule has 0 saturated carbocycles. The first-order chi connectivity index (χ1) is 13.0. The molecule has 0 spiro atoms. The quantitative estimate of drug-likeness (QED) is 0.841. The maximum atomic E-state index is 12.3. The van der Waals surface area contributed by atoms with E-state index in [2.05, 4.69) is 73.9 Å². The maximum absolute atomic E-state index is 12.3. The Kier molecular flexibility index (Phi) is 8.07. The summed E-state index contributed by atoms with van der Waals surface area (Å²) in [6.45, 7) is 11.8. The lowest BCUT2D eigenvalue weighted by Gasteiger charge is -2.26. The number of piperazine rings is 1. The lowest BCUT2D eigenvalue weighted by Crippen LogP contribution is -2.45. The van der Waals surface area contributed by atoms with Gasteiger partial charge in [-0.2, -0.15) is 0 Å². The molecule has 5 nitrogen and oxygen atoms in total. The Hall–Kier alpha value is -2.11. The monoisotopic (exact) mass is 370 g/mol. The van der Waals surface area contributed by atoms with Crippen LogP contribution in [0.25, 0.3) is 17.0 Å². The topological polar surface area (TPSA) is 40.5 Å². The summed E-state index contributed by atoms with van der Waals surface area (Å²) in [5.41, 5.74) is 3.60. The number of rotatable bonds is 4. The highest BCUT2D eigenvalue weighted by molar-refractivity contribution is 5.97. The number of carbonyl (C=O) groups is 1. The highest BCUT2D eigenvalue weighted by atomic mass is 16.2. The summed E-state index contributed by atoms with van der Waals surface area (Å²) in [5, 5.41) is 4.48. The summed E-state index contributed by atoms with van der Waals surface area (Å²) in [7, 11) is 4.11. The predicted octanol–water partition coefficient (Wildman–Crippen LogP) is 2.98. The summed E-state index contributed by atoms with van der Waals surface area (Å²) >= 11 is 0. The number of nitrogens with one attached hydrogen (secondary N) is 1. The highest BCUT2D eigenvalue weighted by Gasteiger charge is 2.15. The summed E-state index contributed by atoms with van der Waals surface area (Å²) in [5.74, 6) is 0.106. The Bertz CT molecular complexity index is 770. The number of hydrogen-bond acceptors (Lipinski definition) is 3. The van der Waals surface area contributed by atoms with Gasteiger partial charge in [-0.15, -0.1) is 0 Å². The molecule has 2 heterocycles. The third-order valence-corrected chi connectivity index (χ3v) is 5.05. The average Bonchev–Trinajstić information content (AvgIpc) is 2.97. The normalized spacial score (nSPS) is 14.7. The van der Waals surface area contributed by atoms with E-state index in [1.165, 1.54) is 16.6 Å². The van der Waals surface area contributed by atoms with Crippen molar-refractivity contribution in [2.75, 3.05) is 46.8 Å². The van der Waals surface area contributed by atoms with Crippen LogP contribution in [0.4, 0.5) is 0 Å². The van der Waals surface area contributed by atoms with Gasteiger partial charge in [-0.25, -0.2) is 0 Å². The second kappa shape index (κ2) is 10.3. The standard InChI is InChI=1S/C18H23N3O.C4H11N/c1-3-21-14(2)15(16-6-4-5-7-17(16)21)8-9-18(22)20-12-10-19-11-13-20;1-4-5(2)3/h4-9,19H,3,10-13H2,1-2H3;4H2,1-3H3/b9-8+;. The third-order valence-electron chi connectivity index (χ3n) is 5.05. The van der Waals surface area contributed by atoms with E-state index in [-0.39, 0.29) is 5.91 Å². The van der Waals surface area contributed by atoms with E-state index >= 15 is 0 Å². The van der Waals surface area contributed by atoms with Crippen LogP contribution < -0.4 is 5.32 Å². The van der Waals surface area contributed by atoms with Gasteiger partial charge in [-0.3, -0.25) is 4.79 Å². The lowest BCUT2D eigenvalue weighted by atomic mass is 10.1. The zero-order valence-electron chi connectivity index (χ0n) is 17.5. The molecule has 1 saturated heterocycles. The number of benzene rings is 1. The van der Waals surface area contributed by atoms with Crippen LogP contribution in [-0.2, 0) is 11.3 Å². The van der Waals surface area contributed by atoms with Crippen LogP contribution >= 0.6 is 0 Å². The molecule has 1 amide bonds. The molecular formula is C22H34N4O. The maximum Gasteiger partial charge on any atom is 0.246 e. The molecule has 5 heteroatoms. The molecule has 1 fully saturated rings. The first-order valence-corrected chi connectivity index (χ1v) is 9.89. The molecule has 1 N–H and O–H groups in total. The second-order valence-corrected chi connectivity index (χ2v) is 7.07. The van der Waals surface area contributed by atoms with E-state index in [1.54, 1.807) is 6.08 Å². The molecule has 3 rings (SSSR count). The Morgan fingerprint density at radius 2 is 1.81 bits per heavy atom. The fourth-order valence-corrected chi connectivity index (χ4v) is 3.22. The van der Waals surface area contributed by atoms with Crippen LogP contribution in [0.3, 0.4) is 0 Å². The smallest absolute Gasteiger partial charge is 0.246 e. The van der Waals surface area contributed by atoms with E-state index in [9.17, 15) is 4.79 Å². The van der Waals surface area contributed by atoms with Gasteiger partial charge in [-0.1, -0.05) is 25.1 Å². The molecule has 2 aromatic rings. The molecule has 0 atom stereocenters. The van der Waals surface area contributed by atoms with Crippen LogP contribution in [-0.4, -0.2) is 67.1 Å². The highest BCUT2D eigenvalue weighted by Crippen LogP contribution is 2.26. The van der Waals surface area contributed by atoms with Crippen molar-refractivity contribution in [2.45, 2.75) is 27.3 Å². The first-order valence-electron chi connectivity index (χ1n) is 9.89. The first kappa shape index (κ1) is 21.2. The van der Waals surface area contributed by atoms with Crippen LogP contribution in [0.15, 0.2) is 30.3 Å². The predicted molar refractivity (Wildman–Crippen MR) is 115 cm³/mol. The number of fused-ring (bicyclic) bond motifs is 1. The zero-order valence-corrected chi connectivity index (χ0v) is 17.5. The largest absolute Gasteiger partial charge is 0.345 e. The minimum Gasteiger partial charge on any atom is -0.345 e. The minimum atomic E-state index is 0.106. The van der Waals surface area contributed by atoms with Crippen molar-refractivity contribution in [1.29, 1.82) is 0 Å². The minimum absolute atomic E-state index is 0.106. The summed E-state index contributed by atoms with van der Waals surface area (Å²) < 4.78 is 2.30. The molecule has 0 radical (unpaired) electrons. The number of nitrogens with zero attached hydrogens (tertiary/aromatic N) is 3. The van der Waals surface area contributed by atoms with Gasteiger partial charge in [0.25, 0.3) is 0 Å². The number of para-hydroxylation sites is 1. The fourth-order valence-electron chi connectivity index (χ4n) is 3.22. The van der Waals surface area contributed by atoms with E-state index in [4.69, 9.17) is 0 Å². The summed E-state index contributed by atoms with van der Waals surface area (Å²) in [6.07, 6.45) is 3.70. The SMILES string of the molecule is CCN(C)C.CCn1c(C)c(/C=C/C(=O)N2CCNCC2)c2ccccc21. The average molecular weight is 371 g/mol. The Labute approximate surface area is 163 Å². The number of carbonyl (C=O) groups excluding carboxylic acids is 1. The molecular weight excluding hydrogens is 336 g/mol. The Morgan fingerprint density at radius 1 is 1.19 bits per heavy atom. The molecule has 1 aliphatic rings. The fraction of sp³-hybridized carbons (Fsp3) is 0.500. The van der Waals surface area contributed by atoms with E-state index in [0.29, 0.717) is 0 Å². The number of aryl methyl sites for hydroxylation is 1. The number of aromatic nitrogens is 1. The molecule has 0 bridgehead atoms. The van der Waals surface area contributed by atoms with Gasteiger partial charge in [0.15, 0.2) is 0 Å². The van der Waals surface area contributed by atoms with Crippen molar-refractivity contribution in [1.82, 2.24) is 19.7 Å². The Morgan fingerprint density at radius 3 is 2.41 bits per heavy atom. The van der Waals surface area contributed by atoms with Crippen molar-refractivity contribution in [3.8, 4) is 0 Å². The molecule has 1 aromatic heterocycles. The molecule has 1 aliphatic heterocycles. The third kappa shape index (κ3) is 5.44. The Balaban J connectivity index is 0.000000465. The molecule has 1 aromatic carbocycles. The van der Waals surface area contributed by atoms with Crippen molar-refractivity contribution in [3.05, 3.63) is 41.6 Å². The zero-order chi connectivity index (χ0) is 19.8. The van der Waals surface area contributed by atoms with Gasteiger partial charge in [0.1, 0.15) is 0 Å². The van der Waals surface area contributed by atoms with Crippen molar-refractivity contribution in [2.24, 2.45) is 0 Å². The van der Waals surface area contributed by atoms with Crippen LogP contribution in [0, 0.1) is 6.92 Å². The molecule has 0 aliphatic carbocycles. The van der Waals surface area contributed by atoms with E-state index in [1.807, 2.05) is 11.0 Å². The van der Waals surface area contributed by atoms with Crippen molar-refractivity contribution in [3.63, 3.8) is 0 Å². The van der Waals surface area contributed by atoms with Crippen LogP contribution in [0.5, 0.6) is 0 Å². The van der Waals surface area contributed by atoms with Crippen molar-refractivity contribution < 1.29 is 4.79 Å². The van der Waals surface area contributed by atoms with Crippen molar-refractivity contribution >= 4 is 22.9 Å². The molecule has 148 valence electrons. The number of hydrogen-bond donors (Lipinski definition) is 1. The van der Waals surface area contributed by atoms with Gasteiger partial charge < -0.3 is 19.7 Å². The van der Waals surface area contributed by atoms with Crippen LogP contribution in [0.2, 0.25) is 0 Å². The second-order valence-electron chi connectivity index (χ2n) is 7.07. The van der Waals surface area contributed by atoms with E-state index in [0.717, 1.165) is 44.8 Å². The molecule has 0 unspecified atom stereocenters. The van der Waals surface area contributed by atoms with E-state index < -0.39 is 0 Å². The summed E-state index contributed by atoms with van der Waals surface area (Å²) in [6, 6.07) is 8.38. The van der Waals surface area contributed by atoms with Gasteiger partial charge >= 0.3 is 0 Å². The van der Waals surface area contributed by atoms with Gasteiger partial charge in [0.05, 0.1) is 0 Å². The van der Waals surface area contributed by atoms with Gasteiger partial charge in [0, 0.05) is 61.0 Å². The number of amides is 1. The lowest BCUT2D eigenvalue weighted by molar-refractivity contribution is -0.126. The van der Waals surface area contributed by atoms with Gasteiger partial charge in [-0.05, 0) is 46.6 Å².